The van der Waals surface area contributed by atoms with Crippen LogP contribution in [0.25, 0.3) is 0 Å². The molecule has 1 aliphatic heterocycles. The minimum atomic E-state index is 0.324. The molecule has 1 unspecified atom stereocenters. The molecule has 2 fully saturated rings. The number of carbonyl (C=O) groups excluding carboxylic acids is 1. The molecule has 6 nitrogen and oxygen atoms in total. The highest BCUT2D eigenvalue weighted by atomic mass is 32.1. The van der Waals surface area contributed by atoms with Gasteiger partial charge in [0.15, 0.2) is 5.96 Å². The van der Waals surface area contributed by atoms with Crippen molar-refractivity contribution in [2.75, 3.05) is 52.9 Å². The molecule has 1 aromatic heterocycles. The van der Waals surface area contributed by atoms with E-state index >= 15 is 0 Å². The van der Waals surface area contributed by atoms with Gasteiger partial charge in [-0.1, -0.05) is 19.4 Å². The summed E-state index contributed by atoms with van der Waals surface area (Å²) in [5, 5.41) is 9.00. The maximum absolute atomic E-state index is 12.3. The van der Waals surface area contributed by atoms with Gasteiger partial charge in [0, 0.05) is 63.7 Å². The topological polar surface area (TPSA) is 60.0 Å². The molecule has 2 heterocycles. The molecule has 1 saturated carbocycles. The highest BCUT2D eigenvalue weighted by Gasteiger charge is 2.30. The minimum absolute atomic E-state index is 0.324. The number of hydrogen-bond acceptors (Lipinski definition) is 4. The zero-order chi connectivity index (χ0) is 19.8. The van der Waals surface area contributed by atoms with Crippen molar-refractivity contribution in [3.63, 3.8) is 0 Å². The first kappa shape index (κ1) is 21.1. The summed E-state index contributed by atoms with van der Waals surface area (Å²) >= 11 is 1.83. The van der Waals surface area contributed by atoms with Gasteiger partial charge in [0.05, 0.1) is 0 Å². The number of amides is 1. The van der Waals surface area contributed by atoms with Gasteiger partial charge in [-0.2, -0.15) is 0 Å². The lowest BCUT2D eigenvalue weighted by Crippen LogP contribution is -2.52. The van der Waals surface area contributed by atoms with Crippen LogP contribution >= 0.6 is 11.3 Å². The smallest absolute Gasteiger partial charge is 0.225 e. The Balaban J connectivity index is 1.28. The molecule has 2 N–H and O–H groups in total. The van der Waals surface area contributed by atoms with Gasteiger partial charge < -0.3 is 15.5 Å². The van der Waals surface area contributed by atoms with E-state index in [-0.39, 0.29) is 0 Å². The summed E-state index contributed by atoms with van der Waals surface area (Å²) in [6, 6.07) is 4.32. The first-order valence-corrected chi connectivity index (χ1v) is 11.5. The molecular weight excluding hydrogens is 370 g/mol. The Morgan fingerprint density at radius 3 is 2.68 bits per heavy atom. The van der Waals surface area contributed by atoms with Crippen molar-refractivity contribution in [1.82, 2.24) is 20.4 Å². The third-order valence-electron chi connectivity index (χ3n) is 5.83. The van der Waals surface area contributed by atoms with Gasteiger partial charge in [0.2, 0.25) is 5.91 Å². The summed E-state index contributed by atoms with van der Waals surface area (Å²) in [6.07, 6.45) is 4.53. The van der Waals surface area contributed by atoms with E-state index in [4.69, 9.17) is 0 Å². The second-order valence-corrected chi connectivity index (χ2v) is 9.10. The van der Waals surface area contributed by atoms with E-state index in [1.54, 1.807) is 0 Å². The number of thiophene rings is 1. The van der Waals surface area contributed by atoms with Crippen LogP contribution in [0.3, 0.4) is 0 Å². The Kier molecular flexibility index (Phi) is 8.15. The first-order valence-electron chi connectivity index (χ1n) is 10.6. The van der Waals surface area contributed by atoms with Crippen LogP contribution in [0.4, 0.5) is 0 Å². The maximum Gasteiger partial charge on any atom is 0.225 e. The Labute approximate surface area is 173 Å². The molecule has 156 valence electrons. The summed E-state index contributed by atoms with van der Waals surface area (Å²) in [7, 11) is 1.82. The predicted molar refractivity (Wildman–Crippen MR) is 117 cm³/mol. The molecule has 28 heavy (non-hydrogen) atoms. The molecule has 1 aliphatic carbocycles. The molecule has 0 spiro atoms. The number of guanidine groups is 1. The van der Waals surface area contributed by atoms with Gasteiger partial charge in [-0.05, 0) is 36.6 Å². The fourth-order valence-electron chi connectivity index (χ4n) is 3.77. The first-order chi connectivity index (χ1) is 13.7. The van der Waals surface area contributed by atoms with Crippen LogP contribution in [0.2, 0.25) is 0 Å². The third kappa shape index (κ3) is 6.21. The van der Waals surface area contributed by atoms with E-state index in [1.807, 2.05) is 18.4 Å². The van der Waals surface area contributed by atoms with Crippen molar-refractivity contribution >= 4 is 23.2 Å². The number of hydrogen-bond donors (Lipinski definition) is 2. The third-order valence-corrected chi connectivity index (χ3v) is 6.73. The van der Waals surface area contributed by atoms with Gasteiger partial charge in [0.25, 0.3) is 0 Å². The van der Waals surface area contributed by atoms with Crippen molar-refractivity contribution in [3.05, 3.63) is 22.4 Å². The van der Waals surface area contributed by atoms with Crippen LogP contribution in [0.15, 0.2) is 22.5 Å². The van der Waals surface area contributed by atoms with Crippen LogP contribution in [-0.4, -0.2) is 74.5 Å². The van der Waals surface area contributed by atoms with Gasteiger partial charge in [-0.25, -0.2) is 0 Å². The lowest BCUT2D eigenvalue weighted by Gasteiger charge is -2.38. The summed E-state index contributed by atoms with van der Waals surface area (Å²) in [5.41, 5.74) is 0. The van der Waals surface area contributed by atoms with E-state index in [0.717, 1.165) is 71.0 Å². The average molecular weight is 406 g/mol. The van der Waals surface area contributed by atoms with E-state index < -0.39 is 0 Å². The fourth-order valence-corrected chi connectivity index (χ4v) is 4.64. The summed E-state index contributed by atoms with van der Waals surface area (Å²) < 4.78 is 0. The quantitative estimate of drug-likeness (QED) is 0.513. The monoisotopic (exact) mass is 405 g/mol. The van der Waals surface area contributed by atoms with E-state index in [2.05, 4.69) is 49.9 Å². The highest BCUT2D eigenvalue weighted by molar-refractivity contribution is 7.09. The molecule has 3 rings (SSSR count). The van der Waals surface area contributed by atoms with Crippen molar-refractivity contribution in [2.24, 2.45) is 16.8 Å². The van der Waals surface area contributed by atoms with Gasteiger partial charge in [-0.3, -0.25) is 14.7 Å². The zero-order valence-electron chi connectivity index (χ0n) is 17.3. The zero-order valence-corrected chi connectivity index (χ0v) is 18.1. The Morgan fingerprint density at radius 1 is 1.29 bits per heavy atom. The molecule has 7 heteroatoms. The molecule has 0 bridgehead atoms. The molecule has 1 amide bonds. The lowest BCUT2D eigenvalue weighted by atomic mass is 9.84. The number of nitrogens with one attached hydrogen (secondary N) is 2. The maximum atomic E-state index is 12.3. The molecule has 0 radical (unpaired) electrons. The van der Waals surface area contributed by atoms with Crippen molar-refractivity contribution in [1.29, 1.82) is 0 Å². The van der Waals surface area contributed by atoms with E-state index in [9.17, 15) is 4.79 Å². The van der Waals surface area contributed by atoms with Crippen molar-refractivity contribution in [3.8, 4) is 0 Å². The largest absolute Gasteiger partial charge is 0.356 e. The molecule has 1 saturated heterocycles. The van der Waals surface area contributed by atoms with E-state index in [0.29, 0.717) is 17.7 Å². The number of aliphatic imine (C=N–C) groups is 1. The van der Waals surface area contributed by atoms with Gasteiger partial charge >= 0.3 is 0 Å². The Bertz CT molecular complexity index is 621. The number of piperazine rings is 1. The SMILES string of the molecule is CN=C(NCCN1CCN(C(=O)C2CCC2)CC1)NCC(C)Cc1cccs1. The Hall–Kier alpha value is -1.60. The van der Waals surface area contributed by atoms with Crippen LogP contribution in [0, 0.1) is 11.8 Å². The minimum Gasteiger partial charge on any atom is -0.356 e. The second kappa shape index (κ2) is 10.8. The normalized spacial score (nSPS) is 19.9. The summed E-state index contributed by atoms with van der Waals surface area (Å²) in [6.45, 7) is 8.75. The molecule has 1 atom stereocenters. The average Bonchev–Trinajstić information content (AvgIpc) is 3.16. The van der Waals surface area contributed by atoms with Gasteiger partial charge in [-0.15, -0.1) is 11.3 Å². The van der Waals surface area contributed by atoms with Crippen LogP contribution < -0.4 is 10.6 Å². The van der Waals surface area contributed by atoms with E-state index in [1.165, 1.54) is 11.3 Å². The standard InChI is InChI=1S/C21H35N5OS/c1-17(15-19-7-4-14-28-19)16-24-21(22-2)23-8-9-25-10-12-26(13-11-25)20(27)18-5-3-6-18/h4,7,14,17-18H,3,5-6,8-13,15-16H2,1-2H3,(H2,22,23,24). The highest BCUT2D eigenvalue weighted by Crippen LogP contribution is 2.28. The summed E-state index contributed by atoms with van der Waals surface area (Å²) in [4.78, 5) is 22.6. The van der Waals surface area contributed by atoms with Gasteiger partial charge in [0.1, 0.15) is 0 Å². The number of carbonyl (C=O) groups is 1. The van der Waals surface area contributed by atoms with Crippen LogP contribution in [0.5, 0.6) is 0 Å². The molecule has 1 aromatic rings. The predicted octanol–water partition coefficient (Wildman–Crippen LogP) is 2.04. The number of nitrogens with zero attached hydrogens (tertiary/aromatic N) is 3. The van der Waals surface area contributed by atoms with Crippen molar-refractivity contribution in [2.45, 2.75) is 32.6 Å². The van der Waals surface area contributed by atoms with Crippen LogP contribution in [0.1, 0.15) is 31.1 Å². The summed E-state index contributed by atoms with van der Waals surface area (Å²) in [5.74, 6) is 2.16. The Morgan fingerprint density at radius 2 is 2.07 bits per heavy atom. The second-order valence-electron chi connectivity index (χ2n) is 8.06. The van der Waals surface area contributed by atoms with Crippen molar-refractivity contribution < 1.29 is 4.79 Å². The molecular formula is C21H35N5OS. The number of rotatable bonds is 8. The molecule has 2 aliphatic rings. The van der Waals surface area contributed by atoms with Crippen LogP contribution in [-0.2, 0) is 11.2 Å². The lowest BCUT2D eigenvalue weighted by molar-refractivity contribution is -0.139. The molecule has 0 aromatic carbocycles. The fraction of sp³-hybridized carbons (Fsp3) is 0.714.